The van der Waals surface area contributed by atoms with E-state index in [1.807, 2.05) is 30.3 Å². The minimum Gasteiger partial charge on any atom is -0.480 e. The van der Waals surface area contributed by atoms with E-state index in [2.05, 4.69) is 5.32 Å². The zero-order chi connectivity index (χ0) is 16.1. The van der Waals surface area contributed by atoms with Crippen LogP contribution in [-0.4, -0.2) is 51.5 Å². The van der Waals surface area contributed by atoms with Gasteiger partial charge >= 0.3 is 5.97 Å². The topological polar surface area (TPSA) is 86.7 Å². The van der Waals surface area contributed by atoms with Crippen molar-refractivity contribution in [3.8, 4) is 0 Å². The number of hydrogen-bond acceptors (Lipinski definition) is 4. The fourth-order valence-corrected chi connectivity index (χ4v) is 3.51. The minimum atomic E-state index is -1.09. The van der Waals surface area contributed by atoms with E-state index >= 15 is 0 Å². The minimum absolute atomic E-state index is 0.180. The first-order valence-corrected chi connectivity index (χ1v) is 8.06. The Kier molecular flexibility index (Phi) is 5.43. The van der Waals surface area contributed by atoms with Gasteiger partial charge < -0.3 is 15.3 Å². The fourth-order valence-electron chi connectivity index (χ4n) is 2.29. The number of carbonyl (C=O) groups is 3. The highest BCUT2D eigenvalue weighted by molar-refractivity contribution is 7.99. The van der Waals surface area contributed by atoms with Crippen molar-refractivity contribution in [3.05, 3.63) is 35.9 Å². The Morgan fingerprint density at radius 3 is 2.64 bits per heavy atom. The van der Waals surface area contributed by atoms with Gasteiger partial charge in [-0.25, -0.2) is 4.79 Å². The van der Waals surface area contributed by atoms with Crippen LogP contribution in [0.25, 0.3) is 0 Å². The van der Waals surface area contributed by atoms with Crippen LogP contribution >= 0.6 is 11.8 Å². The van der Waals surface area contributed by atoms with Crippen molar-refractivity contribution in [3.63, 3.8) is 0 Å². The molecule has 0 aliphatic carbocycles. The molecule has 2 N–H and O–H groups in total. The van der Waals surface area contributed by atoms with Crippen molar-refractivity contribution in [1.29, 1.82) is 0 Å². The summed E-state index contributed by atoms with van der Waals surface area (Å²) in [5.41, 5.74) is 0.833. The number of carboxylic acid groups (broad SMARTS) is 1. The molecule has 0 bridgehead atoms. The first-order chi connectivity index (χ1) is 10.5. The van der Waals surface area contributed by atoms with Gasteiger partial charge in [-0.2, -0.15) is 0 Å². The summed E-state index contributed by atoms with van der Waals surface area (Å²) in [5.74, 6) is -0.728. The number of hydrogen-bond donors (Lipinski definition) is 2. The van der Waals surface area contributed by atoms with Gasteiger partial charge in [0.25, 0.3) is 0 Å². The summed E-state index contributed by atoms with van der Waals surface area (Å²) >= 11 is 1.48. The van der Waals surface area contributed by atoms with E-state index in [1.54, 1.807) is 0 Å². The summed E-state index contributed by atoms with van der Waals surface area (Å²) in [6.07, 6.45) is 0.210. The van der Waals surface area contributed by atoms with Gasteiger partial charge in [-0.1, -0.05) is 30.3 Å². The largest absolute Gasteiger partial charge is 0.480 e. The van der Waals surface area contributed by atoms with Crippen LogP contribution in [0.2, 0.25) is 0 Å². The molecule has 1 unspecified atom stereocenters. The van der Waals surface area contributed by atoms with Gasteiger partial charge in [-0.15, -0.1) is 11.8 Å². The Hall–Kier alpha value is -2.02. The Balaban J connectivity index is 2.03. The maximum absolute atomic E-state index is 12.3. The van der Waals surface area contributed by atoms with Gasteiger partial charge in [-0.05, 0) is 5.56 Å². The van der Waals surface area contributed by atoms with Crippen molar-refractivity contribution < 1.29 is 19.5 Å². The molecule has 0 spiro atoms. The zero-order valence-corrected chi connectivity index (χ0v) is 13.0. The Morgan fingerprint density at radius 2 is 2.05 bits per heavy atom. The molecule has 2 rings (SSSR count). The Bertz CT molecular complexity index is 564. The lowest BCUT2D eigenvalue weighted by Crippen LogP contribution is -2.52. The normalized spacial score (nSPS) is 18.8. The molecule has 2 atom stereocenters. The summed E-state index contributed by atoms with van der Waals surface area (Å²) in [6.45, 7) is 1.41. The van der Waals surface area contributed by atoms with Crippen molar-refractivity contribution in [2.45, 2.75) is 25.4 Å². The molecule has 1 aliphatic rings. The third kappa shape index (κ3) is 4.00. The molecule has 1 aromatic rings. The predicted molar refractivity (Wildman–Crippen MR) is 83.3 cm³/mol. The highest BCUT2D eigenvalue weighted by Crippen LogP contribution is 2.21. The van der Waals surface area contributed by atoms with Crippen LogP contribution in [0.15, 0.2) is 30.3 Å². The number of benzene rings is 1. The molecular weight excluding hydrogens is 304 g/mol. The average molecular weight is 322 g/mol. The predicted octanol–water partition coefficient (Wildman–Crippen LogP) is 0.720. The lowest BCUT2D eigenvalue weighted by molar-refractivity contribution is -0.143. The number of rotatable bonds is 5. The van der Waals surface area contributed by atoms with Crippen molar-refractivity contribution in [2.75, 3.05) is 11.6 Å². The molecule has 6 nitrogen and oxygen atoms in total. The van der Waals surface area contributed by atoms with E-state index in [0.717, 1.165) is 5.56 Å². The smallest absolute Gasteiger partial charge is 0.326 e. The number of amides is 2. The lowest BCUT2D eigenvalue weighted by Gasteiger charge is -2.23. The molecule has 1 aromatic carbocycles. The van der Waals surface area contributed by atoms with Gasteiger partial charge in [0.2, 0.25) is 11.8 Å². The SMILES string of the molecule is CC(=O)N1CSCC1C(=O)N[C@H](Cc1ccccc1)C(=O)O. The first-order valence-electron chi connectivity index (χ1n) is 6.91. The molecule has 2 amide bonds. The number of nitrogens with one attached hydrogen (secondary N) is 1. The molecule has 0 saturated carbocycles. The summed E-state index contributed by atoms with van der Waals surface area (Å²) < 4.78 is 0. The second-order valence-corrected chi connectivity index (χ2v) is 6.09. The maximum atomic E-state index is 12.3. The van der Waals surface area contributed by atoms with Crippen molar-refractivity contribution >= 4 is 29.5 Å². The van der Waals surface area contributed by atoms with E-state index in [0.29, 0.717) is 11.6 Å². The van der Waals surface area contributed by atoms with Gasteiger partial charge in [-0.3, -0.25) is 9.59 Å². The zero-order valence-electron chi connectivity index (χ0n) is 12.2. The van der Waals surface area contributed by atoms with Gasteiger partial charge in [0, 0.05) is 19.1 Å². The monoisotopic (exact) mass is 322 g/mol. The van der Waals surface area contributed by atoms with Gasteiger partial charge in [0.05, 0.1) is 5.88 Å². The van der Waals surface area contributed by atoms with E-state index in [4.69, 9.17) is 0 Å². The summed E-state index contributed by atoms with van der Waals surface area (Å²) in [7, 11) is 0. The van der Waals surface area contributed by atoms with Crippen LogP contribution in [0.4, 0.5) is 0 Å². The molecule has 0 radical (unpaired) electrons. The summed E-state index contributed by atoms with van der Waals surface area (Å²) in [4.78, 5) is 36.6. The highest BCUT2D eigenvalue weighted by Gasteiger charge is 2.34. The van der Waals surface area contributed by atoms with Crippen LogP contribution in [0, 0.1) is 0 Å². The molecule has 7 heteroatoms. The number of carbonyl (C=O) groups excluding carboxylic acids is 2. The molecular formula is C15H18N2O4S. The Labute approximate surface area is 132 Å². The van der Waals surface area contributed by atoms with Crippen LogP contribution in [0.3, 0.4) is 0 Å². The number of carboxylic acids is 1. The van der Waals surface area contributed by atoms with E-state index in [9.17, 15) is 19.5 Å². The van der Waals surface area contributed by atoms with Crippen LogP contribution in [-0.2, 0) is 20.8 Å². The van der Waals surface area contributed by atoms with Crippen molar-refractivity contribution in [2.24, 2.45) is 0 Å². The van der Waals surface area contributed by atoms with E-state index in [1.165, 1.54) is 23.6 Å². The molecule has 1 saturated heterocycles. The maximum Gasteiger partial charge on any atom is 0.326 e. The van der Waals surface area contributed by atoms with Gasteiger partial charge in [0.15, 0.2) is 0 Å². The molecule has 22 heavy (non-hydrogen) atoms. The van der Waals surface area contributed by atoms with E-state index in [-0.39, 0.29) is 12.3 Å². The third-order valence-electron chi connectivity index (χ3n) is 3.49. The molecule has 1 fully saturated rings. The van der Waals surface area contributed by atoms with Crippen molar-refractivity contribution in [1.82, 2.24) is 10.2 Å². The molecule has 1 aliphatic heterocycles. The molecule has 0 aromatic heterocycles. The summed E-state index contributed by atoms with van der Waals surface area (Å²) in [5, 5.41) is 11.8. The summed E-state index contributed by atoms with van der Waals surface area (Å²) in [6, 6.07) is 7.51. The highest BCUT2D eigenvalue weighted by atomic mass is 32.2. The van der Waals surface area contributed by atoms with Crippen LogP contribution in [0.5, 0.6) is 0 Å². The van der Waals surface area contributed by atoms with E-state index < -0.39 is 24.0 Å². The molecule has 1 heterocycles. The quantitative estimate of drug-likeness (QED) is 0.834. The lowest BCUT2D eigenvalue weighted by atomic mass is 10.1. The average Bonchev–Trinajstić information content (AvgIpc) is 2.97. The van der Waals surface area contributed by atoms with Crippen LogP contribution in [0.1, 0.15) is 12.5 Å². The second kappa shape index (κ2) is 7.31. The number of nitrogens with zero attached hydrogens (tertiary/aromatic N) is 1. The van der Waals surface area contributed by atoms with Crippen LogP contribution < -0.4 is 5.32 Å². The molecule has 118 valence electrons. The second-order valence-electron chi connectivity index (χ2n) is 5.09. The fraction of sp³-hybridized carbons (Fsp3) is 0.400. The Morgan fingerprint density at radius 1 is 1.36 bits per heavy atom. The number of thioether (sulfide) groups is 1. The third-order valence-corrected chi connectivity index (χ3v) is 4.50. The van der Waals surface area contributed by atoms with Gasteiger partial charge in [0.1, 0.15) is 12.1 Å². The number of aliphatic carboxylic acids is 1. The first kappa shape index (κ1) is 16.4. The standard InChI is InChI=1S/C15H18N2O4S/c1-10(18)17-9-22-8-13(17)14(19)16-12(15(20)21)7-11-5-3-2-4-6-11/h2-6,12-13H,7-9H2,1H3,(H,16,19)(H,20,21)/t12-,13?/m1/s1.